The lowest BCUT2D eigenvalue weighted by molar-refractivity contribution is -0.285. The summed E-state index contributed by atoms with van der Waals surface area (Å²) < 4.78 is 36.4. The molecular formula is C33H66O7Si2. The van der Waals surface area contributed by atoms with Crippen molar-refractivity contribution in [2.24, 2.45) is 11.8 Å². The molecular weight excluding hydrogens is 565 g/mol. The highest BCUT2D eigenvalue weighted by Crippen LogP contribution is 2.38. The van der Waals surface area contributed by atoms with E-state index >= 15 is 0 Å². The average Bonchev–Trinajstić information content (AvgIpc) is 2.86. The van der Waals surface area contributed by atoms with Gasteiger partial charge in [0, 0.05) is 46.9 Å². The predicted octanol–water partition coefficient (Wildman–Crippen LogP) is 7.76. The molecule has 42 heavy (non-hydrogen) atoms. The molecule has 0 bridgehead atoms. The van der Waals surface area contributed by atoms with Gasteiger partial charge in [0.2, 0.25) is 5.79 Å². The summed E-state index contributed by atoms with van der Waals surface area (Å²) in [5.41, 5.74) is 0. The molecule has 0 rings (SSSR count). The summed E-state index contributed by atoms with van der Waals surface area (Å²) in [7, 11) is 0.906. The third kappa shape index (κ3) is 13.2. The molecule has 0 radical (unpaired) electrons. The molecule has 7 nitrogen and oxygen atoms in total. The normalized spacial score (nSPS) is 16.8. The van der Waals surface area contributed by atoms with Crippen LogP contribution in [0.5, 0.6) is 0 Å². The first kappa shape index (κ1) is 41.5. The van der Waals surface area contributed by atoms with Gasteiger partial charge in [-0.15, -0.1) is 6.58 Å². The number of aliphatic hydroxyl groups is 1. The minimum absolute atomic E-state index is 0.0642. The van der Waals surface area contributed by atoms with Gasteiger partial charge in [-0.25, -0.2) is 0 Å². The van der Waals surface area contributed by atoms with Crippen LogP contribution in [0.25, 0.3) is 0 Å². The summed E-state index contributed by atoms with van der Waals surface area (Å²) in [6.45, 7) is 33.3. The zero-order valence-electron chi connectivity index (χ0n) is 30.0. The van der Waals surface area contributed by atoms with Crippen molar-refractivity contribution < 1.29 is 32.9 Å². The van der Waals surface area contributed by atoms with Gasteiger partial charge in [-0.2, -0.15) is 0 Å². The number of aliphatic hydroxyl groups excluding tert-OH is 1. The number of hydrogen-bond acceptors (Lipinski definition) is 7. The molecule has 0 aromatic heterocycles. The zero-order valence-corrected chi connectivity index (χ0v) is 32.0. The van der Waals surface area contributed by atoms with Crippen molar-refractivity contribution in [2.75, 3.05) is 34.5 Å². The van der Waals surface area contributed by atoms with Crippen LogP contribution < -0.4 is 0 Å². The Morgan fingerprint density at radius 3 is 1.74 bits per heavy atom. The van der Waals surface area contributed by atoms with Gasteiger partial charge < -0.3 is 32.9 Å². The second-order valence-corrected chi connectivity index (χ2v) is 24.7. The Kier molecular flexibility index (Phi) is 16.5. The van der Waals surface area contributed by atoms with Gasteiger partial charge in [0.1, 0.15) is 0 Å². The fraction of sp³-hybridized carbons (Fsp3) is 0.879. The van der Waals surface area contributed by atoms with Crippen molar-refractivity contribution >= 4 is 16.6 Å². The molecule has 4 unspecified atom stereocenters. The first-order valence-electron chi connectivity index (χ1n) is 15.4. The fourth-order valence-corrected chi connectivity index (χ4v) is 5.96. The first-order chi connectivity index (χ1) is 18.9. The summed E-state index contributed by atoms with van der Waals surface area (Å²) in [5, 5.41) is 11.6. The van der Waals surface area contributed by atoms with Crippen LogP contribution in [0.2, 0.25) is 36.3 Å². The highest BCUT2D eigenvalue weighted by Gasteiger charge is 2.43. The van der Waals surface area contributed by atoms with Crippen LogP contribution in [-0.4, -0.2) is 80.1 Å². The van der Waals surface area contributed by atoms with E-state index in [0.717, 1.165) is 6.42 Å². The van der Waals surface area contributed by atoms with Crippen LogP contribution in [-0.2, 0) is 27.8 Å². The smallest absolute Gasteiger partial charge is 0.208 e. The molecule has 4 atom stereocenters. The standard InChI is InChI=1S/C33H66O7Si2/c1-18-27(21-22-38-41(14,15)30(3,4)5)23-28(40-32(9,10)35-11)24-33(36-12,37-13)29(34)20-19-26(2)25-39-42(16,17)31(6,7)8/h18,26-29,34H,1,21-25H2,2-17H3. The van der Waals surface area contributed by atoms with E-state index in [2.05, 4.69) is 86.2 Å². The van der Waals surface area contributed by atoms with Crippen molar-refractivity contribution in [3.63, 3.8) is 0 Å². The van der Waals surface area contributed by atoms with Gasteiger partial charge >= 0.3 is 0 Å². The van der Waals surface area contributed by atoms with Gasteiger partial charge in [-0.05, 0) is 75.8 Å². The maximum absolute atomic E-state index is 11.3. The van der Waals surface area contributed by atoms with Crippen molar-refractivity contribution in [1.29, 1.82) is 0 Å². The van der Waals surface area contributed by atoms with Crippen LogP contribution in [0.4, 0.5) is 0 Å². The zero-order chi connectivity index (χ0) is 33.2. The molecule has 0 aromatic rings. The lowest BCUT2D eigenvalue weighted by Crippen LogP contribution is -2.50. The van der Waals surface area contributed by atoms with E-state index in [1.54, 1.807) is 7.11 Å². The number of ether oxygens (including phenoxy) is 4. The van der Waals surface area contributed by atoms with Gasteiger partial charge in [-0.3, -0.25) is 0 Å². The topological polar surface area (TPSA) is 75.6 Å². The average molecular weight is 631 g/mol. The van der Waals surface area contributed by atoms with Crippen LogP contribution in [0.1, 0.15) is 81.6 Å². The SMILES string of the molecule is C=CC(CCO[Si](C)(C)C(C)(C)C)CC(CC(OC)(OC)C(O)C#CC(C)CO[Si](C)(C)C(C)(C)C)OC(C)(C)OC. The van der Waals surface area contributed by atoms with Crippen LogP contribution in [0.3, 0.4) is 0 Å². The Hall–Kier alpha value is -0.546. The molecule has 248 valence electrons. The Morgan fingerprint density at radius 1 is 0.810 bits per heavy atom. The molecule has 1 N–H and O–H groups in total. The Balaban J connectivity index is 5.83. The largest absolute Gasteiger partial charge is 0.417 e. The highest BCUT2D eigenvalue weighted by molar-refractivity contribution is 6.74. The highest BCUT2D eigenvalue weighted by atomic mass is 28.4. The molecule has 0 saturated carbocycles. The third-order valence-corrected chi connectivity index (χ3v) is 18.2. The summed E-state index contributed by atoms with van der Waals surface area (Å²) in [4.78, 5) is 0. The molecule has 0 aliphatic carbocycles. The van der Waals surface area contributed by atoms with Crippen molar-refractivity contribution in [2.45, 2.75) is 142 Å². The summed E-state index contributed by atoms with van der Waals surface area (Å²) in [6.07, 6.45) is 2.04. The van der Waals surface area contributed by atoms with Crippen LogP contribution >= 0.6 is 0 Å². The van der Waals surface area contributed by atoms with E-state index in [9.17, 15) is 5.11 Å². The number of hydrogen-bond donors (Lipinski definition) is 1. The minimum atomic E-state index is -1.89. The quantitative estimate of drug-likeness (QED) is 0.0718. The van der Waals surface area contributed by atoms with Crippen LogP contribution in [0.15, 0.2) is 12.7 Å². The lowest BCUT2D eigenvalue weighted by Gasteiger charge is -2.39. The maximum Gasteiger partial charge on any atom is 0.208 e. The summed E-state index contributed by atoms with van der Waals surface area (Å²) >= 11 is 0. The first-order valence-corrected chi connectivity index (χ1v) is 21.2. The predicted molar refractivity (Wildman–Crippen MR) is 179 cm³/mol. The molecule has 0 heterocycles. The molecule has 0 aliphatic heterocycles. The third-order valence-electron chi connectivity index (χ3n) is 9.19. The van der Waals surface area contributed by atoms with Gasteiger partial charge in [0.05, 0.1) is 6.10 Å². The van der Waals surface area contributed by atoms with Gasteiger partial charge in [0.25, 0.3) is 0 Å². The molecule has 0 aliphatic rings. The number of rotatable bonds is 18. The van der Waals surface area contributed by atoms with E-state index in [1.165, 1.54) is 14.2 Å². The molecule has 9 heteroatoms. The second kappa shape index (κ2) is 16.7. The molecule has 0 aromatic carbocycles. The van der Waals surface area contributed by atoms with Gasteiger partial charge in [0.15, 0.2) is 28.5 Å². The van der Waals surface area contributed by atoms with Crippen molar-refractivity contribution in [3.05, 3.63) is 12.7 Å². The van der Waals surface area contributed by atoms with E-state index in [1.807, 2.05) is 26.8 Å². The number of allylic oxidation sites excluding steroid dienone is 1. The summed E-state index contributed by atoms with van der Waals surface area (Å²) in [5.74, 6) is 3.95. The Morgan fingerprint density at radius 2 is 1.31 bits per heavy atom. The minimum Gasteiger partial charge on any atom is -0.417 e. The summed E-state index contributed by atoms with van der Waals surface area (Å²) in [6, 6.07) is 0. The molecule has 0 spiro atoms. The van der Waals surface area contributed by atoms with E-state index in [-0.39, 0.29) is 34.4 Å². The maximum atomic E-state index is 11.3. The Bertz CT molecular complexity index is 858. The monoisotopic (exact) mass is 630 g/mol. The molecule has 0 fully saturated rings. The lowest BCUT2D eigenvalue weighted by atomic mass is 9.92. The van der Waals surface area contributed by atoms with Crippen molar-refractivity contribution in [1.82, 2.24) is 0 Å². The molecule has 0 saturated heterocycles. The van der Waals surface area contributed by atoms with Crippen molar-refractivity contribution in [3.8, 4) is 11.8 Å². The Labute approximate surface area is 261 Å². The second-order valence-electron chi connectivity index (χ2n) is 15.1. The van der Waals surface area contributed by atoms with Gasteiger partial charge in [-0.1, -0.05) is 59.5 Å². The van der Waals surface area contributed by atoms with E-state index in [0.29, 0.717) is 19.6 Å². The van der Waals surface area contributed by atoms with Crippen LogP contribution in [0, 0.1) is 23.7 Å². The molecule has 0 amide bonds. The van der Waals surface area contributed by atoms with E-state index in [4.69, 9.17) is 27.8 Å². The fourth-order valence-electron chi connectivity index (χ4n) is 3.80. The van der Waals surface area contributed by atoms with E-state index < -0.39 is 34.3 Å². The number of methoxy groups -OCH3 is 3.